The summed E-state index contributed by atoms with van der Waals surface area (Å²) in [5.74, 6) is 1.21. The zero-order valence-corrected chi connectivity index (χ0v) is 21.4. The van der Waals surface area contributed by atoms with Gasteiger partial charge in [-0.3, -0.25) is 14.9 Å². The van der Waals surface area contributed by atoms with Crippen molar-refractivity contribution in [2.45, 2.75) is 13.8 Å². The fraction of sp³-hybridized carbons (Fsp3) is 0.185. The number of rotatable bonds is 10. The first-order valence-corrected chi connectivity index (χ1v) is 12.4. The van der Waals surface area contributed by atoms with E-state index >= 15 is 0 Å². The molecule has 0 fully saturated rings. The van der Waals surface area contributed by atoms with Gasteiger partial charge in [0.2, 0.25) is 5.13 Å². The maximum Gasteiger partial charge on any atom is 0.257 e. The summed E-state index contributed by atoms with van der Waals surface area (Å²) in [5.41, 5.74) is 2.27. The van der Waals surface area contributed by atoms with Gasteiger partial charge in [0, 0.05) is 22.4 Å². The Bertz CT molecular complexity index is 1370. The van der Waals surface area contributed by atoms with E-state index in [2.05, 4.69) is 20.8 Å². The maximum atomic E-state index is 12.7. The fourth-order valence-corrected chi connectivity index (χ4v) is 4.14. The molecule has 9 nitrogen and oxygen atoms in total. The summed E-state index contributed by atoms with van der Waals surface area (Å²) >= 11 is 1.27. The Hall–Kier alpha value is -4.44. The Morgan fingerprint density at radius 2 is 1.43 bits per heavy atom. The van der Waals surface area contributed by atoms with Crippen molar-refractivity contribution in [1.29, 1.82) is 0 Å². The summed E-state index contributed by atoms with van der Waals surface area (Å²) in [4.78, 5) is 25.4. The summed E-state index contributed by atoms with van der Waals surface area (Å²) in [7, 11) is 1.61. The van der Waals surface area contributed by atoms with Crippen LogP contribution in [0.2, 0.25) is 0 Å². The van der Waals surface area contributed by atoms with Crippen LogP contribution in [-0.2, 0) is 0 Å². The molecule has 0 radical (unpaired) electrons. The Balaban J connectivity index is 1.38. The molecule has 0 bridgehead atoms. The zero-order valence-electron chi connectivity index (χ0n) is 20.6. The van der Waals surface area contributed by atoms with Crippen molar-refractivity contribution in [2.24, 2.45) is 0 Å². The zero-order chi connectivity index (χ0) is 26.2. The van der Waals surface area contributed by atoms with E-state index in [0.717, 1.165) is 11.3 Å². The van der Waals surface area contributed by atoms with Crippen molar-refractivity contribution in [3.63, 3.8) is 0 Å². The Morgan fingerprint density at radius 3 is 2.11 bits per heavy atom. The molecule has 0 aliphatic carbocycles. The molecule has 3 aromatic carbocycles. The lowest BCUT2D eigenvalue weighted by Gasteiger charge is -2.12. The topological polar surface area (TPSA) is 112 Å². The molecule has 10 heteroatoms. The van der Waals surface area contributed by atoms with E-state index in [1.165, 1.54) is 11.3 Å². The van der Waals surface area contributed by atoms with Crippen LogP contribution in [0, 0.1) is 0 Å². The van der Waals surface area contributed by atoms with Crippen LogP contribution in [0.1, 0.15) is 34.6 Å². The van der Waals surface area contributed by atoms with Gasteiger partial charge in [-0.25, -0.2) is 0 Å². The SMILES string of the molecule is CCOc1ccc(C(=O)Nc2ccc(C(=O)Nc3nnc(-c4ccc(OC)cc4)s3)cc2)cc1OCC. The van der Waals surface area contributed by atoms with Crippen LogP contribution in [0.15, 0.2) is 66.7 Å². The lowest BCUT2D eigenvalue weighted by molar-refractivity contribution is 0.101. The van der Waals surface area contributed by atoms with Gasteiger partial charge in [0.15, 0.2) is 11.5 Å². The minimum absolute atomic E-state index is 0.305. The molecule has 37 heavy (non-hydrogen) atoms. The minimum atomic E-state index is -0.330. The first kappa shape index (κ1) is 25.6. The minimum Gasteiger partial charge on any atom is -0.497 e. The van der Waals surface area contributed by atoms with E-state index in [-0.39, 0.29) is 11.8 Å². The Kier molecular flexibility index (Phi) is 8.32. The quantitative estimate of drug-likeness (QED) is 0.284. The smallest absolute Gasteiger partial charge is 0.257 e. The molecule has 0 saturated heterocycles. The van der Waals surface area contributed by atoms with Crippen molar-refractivity contribution < 1.29 is 23.8 Å². The van der Waals surface area contributed by atoms with Gasteiger partial charge in [-0.15, -0.1) is 10.2 Å². The second-order valence-electron chi connectivity index (χ2n) is 7.65. The second-order valence-corrected chi connectivity index (χ2v) is 8.63. The summed E-state index contributed by atoms with van der Waals surface area (Å²) in [6, 6.07) is 19.0. The van der Waals surface area contributed by atoms with Crippen molar-refractivity contribution >= 4 is 34.0 Å². The lowest BCUT2D eigenvalue weighted by atomic mass is 10.1. The standard InChI is InChI=1S/C27H26N4O5S/c1-4-35-22-15-10-19(16-23(22)36-5-2)25(33)28-20-11-6-17(7-12-20)24(32)29-27-31-30-26(37-27)18-8-13-21(34-3)14-9-18/h6-16H,4-5H2,1-3H3,(H,28,33)(H,29,31,32). The van der Waals surface area contributed by atoms with Crippen LogP contribution in [0.4, 0.5) is 10.8 Å². The van der Waals surface area contributed by atoms with E-state index in [1.54, 1.807) is 49.6 Å². The molecule has 190 valence electrons. The highest BCUT2D eigenvalue weighted by molar-refractivity contribution is 7.18. The van der Waals surface area contributed by atoms with Crippen LogP contribution in [0.5, 0.6) is 17.2 Å². The number of amides is 2. The van der Waals surface area contributed by atoms with Crippen LogP contribution < -0.4 is 24.8 Å². The number of ether oxygens (including phenoxy) is 3. The Labute approximate surface area is 218 Å². The number of nitrogens with zero attached hydrogens (tertiary/aromatic N) is 2. The molecule has 0 aliphatic rings. The monoisotopic (exact) mass is 518 g/mol. The van der Waals surface area contributed by atoms with Crippen molar-refractivity contribution in [3.8, 4) is 27.8 Å². The molecule has 0 spiro atoms. The van der Waals surface area contributed by atoms with Gasteiger partial charge in [0.25, 0.3) is 11.8 Å². The van der Waals surface area contributed by atoms with Crippen LogP contribution in [0.25, 0.3) is 10.6 Å². The number of benzene rings is 3. The third kappa shape index (κ3) is 6.42. The second kappa shape index (κ2) is 12.0. The molecule has 4 aromatic rings. The third-order valence-corrected chi connectivity index (χ3v) is 6.08. The molecule has 0 saturated carbocycles. The van der Waals surface area contributed by atoms with E-state index in [4.69, 9.17) is 14.2 Å². The van der Waals surface area contributed by atoms with Crippen molar-refractivity contribution in [1.82, 2.24) is 10.2 Å². The predicted octanol–water partition coefficient (Wildman–Crippen LogP) is 5.52. The van der Waals surface area contributed by atoms with Gasteiger partial charge in [0.1, 0.15) is 10.8 Å². The number of nitrogens with one attached hydrogen (secondary N) is 2. The van der Waals surface area contributed by atoms with Gasteiger partial charge >= 0.3 is 0 Å². The average Bonchev–Trinajstić information content (AvgIpc) is 3.38. The molecule has 0 unspecified atom stereocenters. The van der Waals surface area contributed by atoms with Gasteiger partial charge in [0.05, 0.1) is 20.3 Å². The maximum absolute atomic E-state index is 12.7. The highest BCUT2D eigenvalue weighted by Crippen LogP contribution is 2.30. The van der Waals surface area contributed by atoms with Crippen molar-refractivity contribution in [2.75, 3.05) is 31.0 Å². The largest absolute Gasteiger partial charge is 0.497 e. The summed E-state index contributed by atoms with van der Waals surface area (Å²) in [6.07, 6.45) is 0. The van der Waals surface area contributed by atoms with E-state index in [1.807, 2.05) is 38.1 Å². The molecule has 0 aliphatic heterocycles. The third-order valence-electron chi connectivity index (χ3n) is 5.19. The highest BCUT2D eigenvalue weighted by Gasteiger charge is 2.14. The van der Waals surface area contributed by atoms with Crippen molar-refractivity contribution in [3.05, 3.63) is 77.9 Å². The summed E-state index contributed by atoms with van der Waals surface area (Å²) in [6.45, 7) is 4.70. The molecule has 2 N–H and O–H groups in total. The van der Waals surface area contributed by atoms with Crippen LogP contribution in [-0.4, -0.2) is 42.3 Å². The van der Waals surface area contributed by atoms with Crippen LogP contribution >= 0.6 is 11.3 Å². The molecular weight excluding hydrogens is 492 g/mol. The van der Waals surface area contributed by atoms with Gasteiger partial charge in [-0.05, 0) is 80.6 Å². The first-order valence-electron chi connectivity index (χ1n) is 11.6. The molecule has 2 amide bonds. The highest BCUT2D eigenvalue weighted by atomic mass is 32.1. The number of methoxy groups -OCH3 is 1. The normalized spacial score (nSPS) is 10.5. The molecule has 4 rings (SSSR count). The number of hydrogen-bond donors (Lipinski definition) is 2. The number of aromatic nitrogens is 2. The molecular formula is C27H26N4O5S. The summed E-state index contributed by atoms with van der Waals surface area (Å²) < 4.78 is 16.3. The summed E-state index contributed by atoms with van der Waals surface area (Å²) in [5, 5.41) is 14.9. The number of hydrogen-bond acceptors (Lipinski definition) is 8. The predicted molar refractivity (Wildman–Crippen MR) is 143 cm³/mol. The van der Waals surface area contributed by atoms with E-state index < -0.39 is 0 Å². The van der Waals surface area contributed by atoms with E-state index in [0.29, 0.717) is 51.7 Å². The average molecular weight is 519 g/mol. The molecule has 1 heterocycles. The van der Waals surface area contributed by atoms with Crippen LogP contribution in [0.3, 0.4) is 0 Å². The first-order chi connectivity index (χ1) is 18.0. The Morgan fingerprint density at radius 1 is 0.784 bits per heavy atom. The number of anilines is 2. The lowest BCUT2D eigenvalue weighted by Crippen LogP contribution is -2.14. The number of carbonyl (C=O) groups excluding carboxylic acids is 2. The van der Waals surface area contributed by atoms with Gasteiger partial charge < -0.3 is 19.5 Å². The fourth-order valence-electron chi connectivity index (χ4n) is 3.39. The van der Waals surface area contributed by atoms with Gasteiger partial charge in [-0.2, -0.15) is 0 Å². The number of carbonyl (C=O) groups is 2. The van der Waals surface area contributed by atoms with E-state index in [9.17, 15) is 9.59 Å². The molecule has 1 aromatic heterocycles. The molecule has 0 atom stereocenters. The van der Waals surface area contributed by atoms with Gasteiger partial charge in [-0.1, -0.05) is 11.3 Å².